The van der Waals surface area contributed by atoms with E-state index in [-0.39, 0.29) is 5.41 Å². The normalized spacial score (nSPS) is 37.8. The van der Waals surface area contributed by atoms with Gasteiger partial charge in [0.1, 0.15) is 11.5 Å². The van der Waals surface area contributed by atoms with E-state index in [1.807, 2.05) is 12.1 Å². The molecule has 0 heterocycles. The second-order valence-electron chi connectivity index (χ2n) is 7.63. The highest BCUT2D eigenvalue weighted by atomic mass is 16.3. The number of carbonyl (C=O) groups is 1. The zero-order valence-electron chi connectivity index (χ0n) is 13.0. The summed E-state index contributed by atoms with van der Waals surface area (Å²) in [5.74, 6) is 2.58. The lowest BCUT2D eigenvalue weighted by atomic mass is 9.55. The van der Waals surface area contributed by atoms with Crippen LogP contribution in [0.1, 0.15) is 61.6 Å². The molecule has 112 valence electrons. The fourth-order valence-corrected chi connectivity index (χ4v) is 5.64. The Balaban J connectivity index is 1.79. The minimum Gasteiger partial charge on any atom is -0.508 e. The molecule has 0 spiro atoms. The Morgan fingerprint density at radius 3 is 2.81 bits per heavy atom. The van der Waals surface area contributed by atoms with Crippen molar-refractivity contribution in [1.82, 2.24) is 0 Å². The van der Waals surface area contributed by atoms with Gasteiger partial charge >= 0.3 is 0 Å². The van der Waals surface area contributed by atoms with Crippen LogP contribution in [0.2, 0.25) is 0 Å². The molecule has 2 fully saturated rings. The highest BCUT2D eigenvalue weighted by Gasteiger charge is 2.54. The van der Waals surface area contributed by atoms with Crippen molar-refractivity contribution in [2.24, 2.45) is 17.3 Å². The highest BCUT2D eigenvalue weighted by Crippen LogP contribution is 2.60. The first kappa shape index (κ1) is 13.4. The Morgan fingerprint density at radius 1 is 1.19 bits per heavy atom. The van der Waals surface area contributed by atoms with Crippen LogP contribution in [0.5, 0.6) is 5.75 Å². The molecule has 21 heavy (non-hydrogen) atoms. The number of aryl methyl sites for hydroxylation is 1. The average Bonchev–Trinajstić information content (AvgIpc) is 2.78. The number of phenols is 1. The molecule has 4 atom stereocenters. The maximum absolute atomic E-state index is 12.3. The molecular formula is C19H24O2. The summed E-state index contributed by atoms with van der Waals surface area (Å²) in [5.41, 5.74) is 3.84. The molecule has 0 bridgehead atoms. The monoisotopic (exact) mass is 284 g/mol. The van der Waals surface area contributed by atoms with E-state index in [1.165, 1.54) is 23.1 Å². The Hall–Kier alpha value is -1.31. The Bertz CT molecular complexity index is 618. The third-order valence-electron chi connectivity index (χ3n) is 6.81. The molecule has 0 aromatic heterocycles. The molecule has 1 aromatic carbocycles. The summed E-state index contributed by atoms with van der Waals surface area (Å²) in [6.45, 7) is 4.36. The van der Waals surface area contributed by atoms with Crippen LogP contribution in [0.25, 0.3) is 0 Å². The number of hydrogen-bond donors (Lipinski definition) is 1. The maximum Gasteiger partial charge on any atom is 0.139 e. The molecule has 0 amide bonds. The van der Waals surface area contributed by atoms with Gasteiger partial charge in [-0.25, -0.2) is 0 Å². The van der Waals surface area contributed by atoms with Crippen LogP contribution in [-0.2, 0) is 11.2 Å². The minimum atomic E-state index is -0.0713. The first-order valence-electron chi connectivity index (χ1n) is 8.37. The van der Waals surface area contributed by atoms with Crippen molar-refractivity contribution in [2.45, 2.75) is 58.3 Å². The number of rotatable bonds is 0. The summed E-state index contributed by atoms with van der Waals surface area (Å²) in [6, 6.07) is 3.91. The van der Waals surface area contributed by atoms with Crippen LogP contribution in [-0.4, -0.2) is 10.9 Å². The number of aromatic hydroxyl groups is 1. The van der Waals surface area contributed by atoms with Gasteiger partial charge in [-0.2, -0.15) is 0 Å². The van der Waals surface area contributed by atoms with Gasteiger partial charge in [0.15, 0.2) is 0 Å². The van der Waals surface area contributed by atoms with Crippen molar-refractivity contribution in [3.8, 4) is 5.75 Å². The maximum atomic E-state index is 12.3. The van der Waals surface area contributed by atoms with Crippen molar-refractivity contribution >= 4 is 5.78 Å². The predicted octanol–water partition coefficient (Wildman–Crippen LogP) is 4.13. The van der Waals surface area contributed by atoms with Crippen LogP contribution in [0, 0.1) is 24.2 Å². The fraction of sp³-hybridized carbons (Fsp3) is 0.632. The van der Waals surface area contributed by atoms with Crippen LogP contribution < -0.4 is 0 Å². The van der Waals surface area contributed by atoms with Gasteiger partial charge in [0.05, 0.1) is 0 Å². The number of hydrogen-bond acceptors (Lipinski definition) is 2. The quantitative estimate of drug-likeness (QED) is 0.778. The van der Waals surface area contributed by atoms with Crippen molar-refractivity contribution < 1.29 is 9.90 Å². The fourth-order valence-electron chi connectivity index (χ4n) is 5.64. The molecule has 4 rings (SSSR count). The molecule has 3 aliphatic rings. The molecular weight excluding hydrogens is 260 g/mol. The Labute approximate surface area is 126 Å². The van der Waals surface area contributed by atoms with Gasteiger partial charge in [-0.3, -0.25) is 4.79 Å². The van der Waals surface area contributed by atoms with E-state index in [0.717, 1.165) is 32.1 Å². The standard InChI is InChI=1S/C19H24O2/c1-11-3-7-16(20)18-12(11)4-5-13-14(18)9-10-19(2)15(13)6-8-17(19)21/h3,7,13-15,20H,4-6,8-10H2,1-2H3/t13-,14-,15-,19+/m1/s1. The molecule has 0 aliphatic heterocycles. The molecule has 1 N–H and O–H groups in total. The lowest BCUT2D eigenvalue weighted by Gasteiger charge is -2.48. The summed E-state index contributed by atoms with van der Waals surface area (Å²) in [4.78, 5) is 12.3. The molecule has 2 heteroatoms. The van der Waals surface area contributed by atoms with E-state index in [2.05, 4.69) is 13.8 Å². The lowest BCUT2D eigenvalue weighted by molar-refractivity contribution is -0.129. The van der Waals surface area contributed by atoms with Crippen molar-refractivity contribution in [2.75, 3.05) is 0 Å². The molecule has 2 nitrogen and oxygen atoms in total. The summed E-state index contributed by atoms with van der Waals surface area (Å²) < 4.78 is 0. The topological polar surface area (TPSA) is 37.3 Å². The van der Waals surface area contributed by atoms with Gasteiger partial charge in [-0.15, -0.1) is 0 Å². The summed E-state index contributed by atoms with van der Waals surface area (Å²) >= 11 is 0. The number of phenolic OH excluding ortho intramolecular Hbond substituents is 1. The Kier molecular flexibility index (Phi) is 2.76. The largest absolute Gasteiger partial charge is 0.508 e. The number of benzene rings is 1. The van der Waals surface area contributed by atoms with Gasteiger partial charge in [0.25, 0.3) is 0 Å². The minimum absolute atomic E-state index is 0.0713. The van der Waals surface area contributed by atoms with E-state index in [9.17, 15) is 9.90 Å². The summed E-state index contributed by atoms with van der Waals surface area (Å²) in [5, 5.41) is 10.4. The van der Waals surface area contributed by atoms with E-state index in [4.69, 9.17) is 0 Å². The van der Waals surface area contributed by atoms with E-state index >= 15 is 0 Å². The zero-order valence-corrected chi connectivity index (χ0v) is 13.0. The zero-order chi connectivity index (χ0) is 14.8. The molecule has 1 aromatic rings. The third-order valence-corrected chi connectivity index (χ3v) is 6.81. The number of ketones is 1. The second kappa shape index (κ2) is 4.34. The van der Waals surface area contributed by atoms with Gasteiger partial charge in [0, 0.05) is 17.4 Å². The first-order valence-corrected chi connectivity index (χ1v) is 8.37. The van der Waals surface area contributed by atoms with Gasteiger partial charge < -0.3 is 5.11 Å². The van der Waals surface area contributed by atoms with Gasteiger partial charge in [0.2, 0.25) is 0 Å². The second-order valence-corrected chi connectivity index (χ2v) is 7.63. The first-order chi connectivity index (χ1) is 10.0. The van der Waals surface area contributed by atoms with Crippen LogP contribution >= 0.6 is 0 Å². The van der Waals surface area contributed by atoms with E-state index in [0.29, 0.717) is 29.3 Å². The van der Waals surface area contributed by atoms with Crippen LogP contribution in [0.4, 0.5) is 0 Å². The highest BCUT2D eigenvalue weighted by molar-refractivity contribution is 5.87. The SMILES string of the molecule is Cc1ccc(O)c2c1CC[C@H]1[C@H]3CCC(=O)[C@@]3(C)CC[C@@H]21. The summed E-state index contributed by atoms with van der Waals surface area (Å²) in [7, 11) is 0. The average molecular weight is 284 g/mol. The Morgan fingerprint density at radius 2 is 2.00 bits per heavy atom. The molecule has 0 radical (unpaired) electrons. The van der Waals surface area contributed by atoms with Gasteiger partial charge in [-0.05, 0) is 74.0 Å². The molecule has 0 unspecified atom stereocenters. The van der Waals surface area contributed by atoms with Crippen molar-refractivity contribution in [3.63, 3.8) is 0 Å². The third kappa shape index (κ3) is 1.68. The van der Waals surface area contributed by atoms with Gasteiger partial charge in [-0.1, -0.05) is 13.0 Å². The van der Waals surface area contributed by atoms with E-state index in [1.54, 1.807) is 0 Å². The molecule has 3 aliphatic carbocycles. The predicted molar refractivity (Wildman–Crippen MR) is 82.5 cm³/mol. The van der Waals surface area contributed by atoms with Crippen LogP contribution in [0.15, 0.2) is 12.1 Å². The molecule has 2 saturated carbocycles. The number of fused-ring (bicyclic) bond motifs is 5. The lowest BCUT2D eigenvalue weighted by Crippen LogP contribution is -2.42. The smallest absolute Gasteiger partial charge is 0.139 e. The van der Waals surface area contributed by atoms with Crippen molar-refractivity contribution in [1.29, 1.82) is 0 Å². The number of carbonyl (C=O) groups excluding carboxylic acids is 1. The van der Waals surface area contributed by atoms with Crippen molar-refractivity contribution in [3.05, 3.63) is 28.8 Å². The van der Waals surface area contributed by atoms with E-state index < -0.39 is 0 Å². The summed E-state index contributed by atoms with van der Waals surface area (Å²) in [6.07, 6.45) is 6.17. The molecule has 0 saturated heterocycles. The number of Topliss-reactive ketones (excluding diaryl/α,β-unsaturated/α-hetero) is 1. The van der Waals surface area contributed by atoms with Crippen LogP contribution in [0.3, 0.4) is 0 Å².